The van der Waals surface area contributed by atoms with Gasteiger partial charge in [0.2, 0.25) is 0 Å². The smallest absolute Gasteiger partial charge is 0.142 e. The van der Waals surface area contributed by atoms with Crippen molar-refractivity contribution in [2.45, 2.75) is 80.6 Å². The number of phenols is 2. The second-order valence-corrected chi connectivity index (χ2v) is 13.8. The fourth-order valence-electron chi connectivity index (χ4n) is 8.73. The Hall–Kier alpha value is -2.60. The summed E-state index contributed by atoms with van der Waals surface area (Å²) in [5.74, 6) is 0.0433. The zero-order chi connectivity index (χ0) is 29.4. The van der Waals surface area contributed by atoms with Gasteiger partial charge >= 0.3 is 0 Å². The van der Waals surface area contributed by atoms with E-state index in [1.807, 2.05) is 24.3 Å². The number of ether oxygens (including phenoxy) is 6. The van der Waals surface area contributed by atoms with Crippen LogP contribution in [0.2, 0.25) is 0 Å². The average Bonchev–Trinajstić information content (AvgIpc) is 3.76. The molecule has 6 N–H and O–H groups in total. The van der Waals surface area contributed by atoms with Crippen molar-refractivity contribution in [2.75, 3.05) is 51.1 Å². The summed E-state index contributed by atoms with van der Waals surface area (Å²) in [6.07, 6.45) is 4.37. The molecule has 232 valence electrons. The van der Waals surface area contributed by atoms with Crippen LogP contribution in [0.25, 0.3) is 0 Å². The molecule has 2 aromatic carbocycles. The van der Waals surface area contributed by atoms with E-state index in [2.05, 4.69) is 0 Å². The number of nitrogens with two attached hydrogens (primary N) is 2. The first-order valence-corrected chi connectivity index (χ1v) is 15.7. The topological polar surface area (TPSA) is 168 Å². The molecule has 0 aromatic heterocycles. The van der Waals surface area contributed by atoms with Crippen molar-refractivity contribution in [2.24, 2.45) is 10.8 Å². The lowest BCUT2D eigenvalue weighted by molar-refractivity contribution is -0.0517. The third kappa shape index (κ3) is 5.15. The lowest BCUT2D eigenvalue weighted by Crippen LogP contribution is -2.61. The number of phenolic OH excluding ortho intramolecular Hbond substituents is 2. The van der Waals surface area contributed by atoms with Crippen LogP contribution < -0.4 is 11.5 Å². The monoisotopic (exact) mass is 594 g/mol. The summed E-state index contributed by atoms with van der Waals surface area (Å²) in [5, 5.41) is 24.3. The normalized spacial score (nSPS) is 32.8. The highest BCUT2D eigenvalue weighted by atomic mass is 16.6. The van der Waals surface area contributed by atoms with Crippen LogP contribution in [0.15, 0.2) is 36.4 Å². The van der Waals surface area contributed by atoms with E-state index in [9.17, 15) is 10.2 Å². The highest BCUT2D eigenvalue weighted by Gasteiger charge is 2.70. The fraction of sp³-hybridized carbons (Fsp3) is 0.636. The van der Waals surface area contributed by atoms with Crippen LogP contribution in [0.4, 0.5) is 11.4 Å². The van der Waals surface area contributed by atoms with Crippen LogP contribution in [0.5, 0.6) is 11.5 Å². The molecule has 0 spiro atoms. The largest absolute Gasteiger partial charge is 0.505 e. The Labute approximate surface area is 251 Å². The predicted molar refractivity (Wildman–Crippen MR) is 157 cm³/mol. The number of para-hydroxylation sites is 2. The molecule has 2 aromatic rings. The first-order chi connectivity index (χ1) is 20.8. The Morgan fingerprint density at radius 2 is 0.767 bits per heavy atom. The quantitative estimate of drug-likeness (QED) is 0.129. The molecule has 0 aliphatic carbocycles. The van der Waals surface area contributed by atoms with Gasteiger partial charge in [-0.1, -0.05) is 24.3 Å². The van der Waals surface area contributed by atoms with Crippen molar-refractivity contribution in [3.8, 4) is 11.5 Å². The van der Waals surface area contributed by atoms with E-state index in [4.69, 9.17) is 39.9 Å². The SMILES string of the molecule is Nc1cccc(C(c2cccc(N)c2O)(C(CC2CO2)(CC2CO2)CC2CO2)C(CC2CO2)(CC2CO2)CC2CO2)c1O. The molecule has 0 saturated carbocycles. The van der Waals surface area contributed by atoms with Crippen molar-refractivity contribution >= 4 is 11.4 Å². The van der Waals surface area contributed by atoms with Crippen LogP contribution in [-0.2, 0) is 33.8 Å². The average molecular weight is 595 g/mol. The Balaban J connectivity index is 1.51. The van der Waals surface area contributed by atoms with Crippen LogP contribution >= 0.6 is 0 Å². The standard InChI is InChI=1S/C33H42N2O8/c34-27-5-1-3-25(29(27)36)33(26-4-2-6-28(35)30(26)37,31(7-19-13-38-19,8-20-14-39-20)9-21-15-40-21)32(10-22-16-41-22,11-23-17-42-23)12-24-18-43-24/h1-6,19-24,36-37H,7-18,34-35H2. The molecule has 8 rings (SSSR count). The maximum absolute atomic E-state index is 12.2. The summed E-state index contributed by atoms with van der Waals surface area (Å²) in [4.78, 5) is 0. The van der Waals surface area contributed by atoms with E-state index in [0.717, 1.165) is 0 Å². The second-order valence-electron chi connectivity index (χ2n) is 13.8. The zero-order valence-electron chi connectivity index (χ0n) is 24.4. The van der Waals surface area contributed by atoms with Crippen molar-refractivity contribution in [1.82, 2.24) is 0 Å². The third-order valence-electron chi connectivity index (χ3n) is 10.7. The first-order valence-electron chi connectivity index (χ1n) is 15.7. The maximum atomic E-state index is 12.2. The number of nitrogen functional groups attached to an aromatic ring is 2. The predicted octanol–water partition coefficient (Wildman–Crippen LogP) is 3.25. The fourth-order valence-corrected chi connectivity index (χ4v) is 8.73. The zero-order valence-corrected chi connectivity index (χ0v) is 24.4. The van der Waals surface area contributed by atoms with Crippen LogP contribution in [0.1, 0.15) is 49.7 Å². The van der Waals surface area contributed by atoms with Crippen LogP contribution in [-0.4, -0.2) is 86.5 Å². The van der Waals surface area contributed by atoms with Crippen molar-refractivity contribution in [3.63, 3.8) is 0 Å². The van der Waals surface area contributed by atoms with Gasteiger partial charge in [-0.15, -0.1) is 0 Å². The number of hydrogen-bond donors (Lipinski definition) is 4. The van der Waals surface area contributed by atoms with E-state index in [0.29, 0.717) is 89.3 Å². The number of hydrogen-bond acceptors (Lipinski definition) is 10. The van der Waals surface area contributed by atoms with Gasteiger partial charge in [0.05, 0.1) is 87.6 Å². The van der Waals surface area contributed by atoms with Gasteiger partial charge in [-0.25, -0.2) is 0 Å². The summed E-state index contributed by atoms with van der Waals surface area (Å²) in [7, 11) is 0. The Bertz CT molecular complexity index is 1190. The van der Waals surface area contributed by atoms with E-state index in [1.54, 1.807) is 12.1 Å². The van der Waals surface area contributed by atoms with Crippen molar-refractivity contribution in [3.05, 3.63) is 47.5 Å². The molecule has 6 heterocycles. The van der Waals surface area contributed by atoms with Gasteiger partial charge < -0.3 is 50.1 Å². The summed E-state index contributed by atoms with van der Waals surface area (Å²) in [6.45, 7) is 3.98. The summed E-state index contributed by atoms with van der Waals surface area (Å²) in [6, 6.07) is 11.2. The van der Waals surface area contributed by atoms with Crippen LogP contribution in [0, 0.1) is 10.8 Å². The molecule has 43 heavy (non-hydrogen) atoms. The number of rotatable bonds is 16. The molecule has 6 aliphatic heterocycles. The molecule has 6 atom stereocenters. The minimum atomic E-state index is -1.04. The molecular weight excluding hydrogens is 552 g/mol. The molecule has 6 aliphatic rings. The molecular formula is C33H42N2O8. The maximum Gasteiger partial charge on any atom is 0.142 e. The molecule has 10 nitrogen and oxygen atoms in total. The van der Waals surface area contributed by atoms with Gasteiger partial charge in [-0.2, -0.15) is 0 Å². The van der Waals surface area contributed by atoms with Gasteiger partial charge in [0.1, 0.15) is 11.5 Å². The number of aromatic hydroxyl groups is 2. The molecule has 6 fully saturated rings. The first kappa shape index (κ1) is 27.9. The molecule has 6 unspecified atom stereocenters. The van der Waals surface area contributed by atoms with Gasteiger partial charge in [0.25, 0.3) is 0 Å². The Kier molecular flexibility index (Phi) is 6.63. The summed E-state index contributed by atoms with van der Waals surface area (Å²) >= 11 is 0. The van der Waals surface area contributed by atoms with E-state index < -0.39 is 16.2 Å². The lowest BCUT2D eigenvalue weighted by Gasteiger charge is -2.62. The molecule has 10 heteroatoms. The van der Waals surface area contributed by atoms with Crippen molar-refractivity contribution < 1.29 is 38.6 Å². The summed E-state index contributed by atoms with van der Waals surface area (Å²) in [5.41, 5.74) is 12.8. The van der Waals surface area contributed by atoms with Crippen LogP contribution in [0.3, 0.4) is 0 Å². The second kappa shape index (κ2) is 10.2. The Morgan fingerprint density at radius 1 is 0.512 bits per heavy atom. The summed E-state index contributed by atoms with van der Waals surface area (Å²) < 4.78 is 36.0. The highest BCUT2D eigenvalue weighted by molar-refractivity contribution is 5.67. The van der Waals surface area contributed by atoms with Crippen molar-refractivity contribution in [1.29, 1.82) is 0 Å². The molecule has 0 amide bonds. The molecule has 0 radical (unpaired) electrons. The van der Waals surface area contributed by atoms with Gasteiger partial charge in [0.15, 0.2) is 0 Å². The van der Waals surface area contributed by atoms with E-state index >= 15 is 0 Å². The molecule has 0 bridgehead atoms. The minimum Gasteiger partial charge on any atom is -0.505 e. The lowest BCUT2D eigenvalue weighted by atomic mass is 9.39. The number of anilines is 2. The van der Waals surface area contributed by atoms with E-state index in [-0.39, 0.29) is 59.5 Å². The Morgan fingerprint density at radius 3 is 1.00 bits per heavy atom. The number of benzene rings is 2. The third-order valence-corrected chi connectivity index (χ3v) is 10.7. The van der Waals surface area contributed by atoms with Gasteiger partial charge in [0, 0.05) is 16.5 Å². The van der Waals surface area contributed by atoms with Gasteiger partial charge in [-0.3, -0.25) is 0 Å². The highest BCUT2D eigenvalue weighted by Crippen LogP contribution is 2.72. The van der Waals surface area contributed by atoms with E-state index in [1.165, 1.54) is 0 Å². The number of epoxide rings is 6. The van der Waals surface area contributed by atoms with Gasteiger partial charge in [-0.05, 0) is 61.5 Å². The minimum absolute atomic E-state index is 0.0216. The molecule has 6 saturated heterocycles.